The van der Waals surface area contributed by atoms with Crippen LogP contribution in [-0.4, -0.2) is 93.0 Å². The van der Waals surface area contributed by atoms with Crippen molar-refractivity contribution < 1.29 is 19.1 Å². The number of benzene rings is 4. The van der Waals surface area contributed by atoms with Gasteiger partial charge in [0.2, 0.25) is 0 Å². The lowest BCUT2D eigenvalue weighted by atomic mass is 9.98. The average molecular weight is 662 g/mol. The van der Waals surface area contributed by atoms with Crippen LogP contribution in [0.4, 0.5) is 10.5 Å². The first-order chi connectivity index (χ1) is 23.6. The SMILES string of the molecule is Cc1ccc(N2CCN(C)CC2)cc1C(=O)N[C@H](C)c1cccc(-c2cccc(C(=O)N(C)CCN(C)C(=O)OCc3ccccc3)c2)c1. The molecular weight excluding hydrogens is 614 g/mol. The molecule has 1 fully saturated rings. The Morgan fingerprint density at radius 3 is 2.20 bits per heavy atom. The Morgan fingerprint density at radius 2 is 1.47 bits per heavy atom. The summed E-state index contributed by atoms with van der Waals surface area (Å²) in [6, 6.07) is 31.0. The van der Waals surface area contributed by atoms with Gasteiger partial charge >= 0.3 is 6.09 Å². The van der Waals surface area contributed by atoms with Gasteiger partial charge in [-0.3, -0.25) is 9.59 Å². The molecule has 1 saturated heterocycles. The monoisotopic (exact) mass is 661 g/mol. The predicted octanol–water partition coefficient (Wildman–Crippen LogP) is 6.25. The van der Waals surface area contributed by atoms with Crippen molar-refractivity contribution >= 4 is 23.6 Å². The summed E-state index contributed by atoms with van der Waals surface area (Å²) in [6.45, 7) is 8.73. The number of nitrogens with one attached hydrogen (secondary N) is 1. The third-order valence-corrected chi connectivity index (χ3v) is 9.15. The van der Waals surface area contributed by atoms with E-state index >= 15 is 0 Å². The molecule has 9 nitrogen and oxygen atoms in total. The van der Waals surface area contributed by atoms with Gasteiger partial charge in [-0.2, -0.15) is 0 Å². The summed E-state index contributed by atoms with van der Waals surface area (Å²) in [4.78, 5) is 47.0. The molecule has 0 aliphatic carbocycles. The lowest BCUT2D eigenvalue weighted by molar-refractivity contribution is 0.0756. The second-order valence-corrected chi connectivity index (χ2v) is 12.9. The number of anilines is 1. The van der Waals surface area contributed by atoms with Gasteiger partial charge in [0.05, 0.1) is 6.04 Å². The van der Waals surface area contributed by atoms with Crippen molar-refractivity contribution in [3.8, 4) is 11.1 Å². The smallest absolute Gasteiger partial charge is 0.409 e. The maximum absolute atomic E-state index is 13.5. The summed E-state index contributed by atoms with van der Waals surface area (Å²) >= 11 is 0. The number of piperazine rings is 1. The van der Waals surface area contributed by atoms with Crippen LogP contribution in [0, 0.1) is 6.92 Å². The van der Waals surface area contributed by atoms with Crippen molar-refractivity contribution in [2.24, 2.45) is 0 Å². The van der Waals surface area contributed by atoms with E-state index in [2.05, 4.69) is 34.3 Å². The van der Waals surface area contributed by atoms with Crippen LogP contribution >= 0.6 is 0 Å². The van der Waals surface area contributed by atoms with E-state index in [9.17, 15) is 14.4 Å². The van der Waals surface area contributed by atoms with Gasteiger partial charge in [0, 0.05) is 70.2 Å². The molecule has 49 heavy (non-hydrogen) atoms. The molecule has 4 aromatic carbocycles. The lowest BCUT2D eigenvalue weighted by Gasteiger charge is -2.34. The Hall–Kier alpha value is -5.15. The molecule has 1 aliphatic heterocycles. The van der Waals surface area contributed by atoms with Crippen LogP contribution < -0.4 is 10.2 Å². The van der Waals surface area contributed by atoms with Crippen molar-refractivity contribution in [1.29, 1.82) is 0 Å². The molecule has 256 valence electrons. The number of likely N-dealkylation sites (N-methyl/N-ethyl adjacent to an activating group) is 3. The first-order valence-electron chi connectivity index (χ1n) is 16.8. The minimum Gasteiger partial charge on any atom is -0.445 e. The van der Waals surface area contributed by atoms with Crippen molar-refractivity contribution in [3.05, 3.63) is 125 Å². The van der Waals surface area contributed by atoms with Crippen molar-refractivity contribution in [2.45, 2.75) is 26.5 Å². The highest BCUT2D eigenvalue weighted by atomic mass is 16.6. The highest BCUT2D eigenvalue weighted by Gasteiger charge is 2.20. The van der Waals surface area contributed by atoms with E-state index < -0.39 is 6.09 Å². The van der Waals surface area contributed by atoms with E-state index in [1.807, 2.05) is 92.7 Å². The van der Waals surface area contributed by atoms with Crippen molar-refractivity contribution in [3.63, 3.8) is 0 Å². The molecule has 9 heteroatoms. The maximum Gasteiger partial charge on any atom is 0.409 e. The van der Waals surface area contributed by atoms with Crippen LogP contribution in [0.2, 0.25) is 0 Å². The largest absolute Gasteiger partial charge is 0.445 e. The van der Waals surface area contributed by atoms with Gasteiger partial charge in [-0.25, -0.2) is 4.79 Å². The zero-order valence-electron chi connectivity index (χ0n) is 29.2. The van der Waals surface area contributed by atoms with E-state index in [-0.39, 0.29) is 24.5 Å². The predicted molar refractivity (Wildman–Crippen MR) is 195 cm³/mol. The molecule has 3 amide bonds. The second kappa shape index (κ2) is 16.3. The Bertz CT molecular complexity index is 1750. The molecule has 0 unspecified atom stereocenters. The number of aryl methyl sites for hydroxylation is 1. The van der Waals surface area contributed by atoms with Gasteiger partial charge in [-0.1, -0.05) is 66.7 Å². The van der Waals surface area contributed by atoms with E-state index in [4.69, 9.17) is 4.74 Å². The summed E-state index contributed by atoms with van der Waals surface area (Å²) in [5.74, 6) is -0.240. The third kappa shape index (κ3) is 9.27. The van der Waals surface area contributed by atoms with Gasteiger partial charge in [0.25, 0.3) is 11.8 Å². The quantitative estimate of drug-likeness (QED) is 0.205. The van der Waals surface area contributed by atoms with Gasteiger partial charge < -0.3 is 29.7 Å². The minimum atomic E-state index is -0.439. The molecular formula is C40H47N5O4. The van der Waals surface area contributed by atoms with Crippen LogP contribution in [0.15, 0.2) is 97.1 Å². The van der Waals surface area contributed by atoms with Crippen LogP contribution in [0.1, 0.15) is 50.4 Å². The Kier molecular flexibility index (Phi) is 11.7. The number of carbonyl (C=O) groups excluding carboxylic acids is 3. The van der Waals surface area contributed by atoms with Crippen LogP contribution in [-0.2, 0) is 11.3 Å². The summed E-state index contributed by atoms with van der Waals surface area (Å²) < 4.78 is 5.40. The summed E-state index contributed by atoms with van der Waals surface area (Å²) in [7, 11) is 5.52. The second-order valence-electron chi connectivity index (χ2n) is 12.9. The topological polar surface area (TPSA) is 85.4 Å². The number of ether oxygens (including phenoxy) is 1. The summed E-state index contributed by atoms with van der Waals surface area (Å²) in [5.41, 5.74) is 6.99. The lowest BCUT2D eigenvalue weighted by Crippen LogP contribution is -2.44. The fourth-order valence-corrected chi connectivity index (χ4v) is 5.84. The Balaban J connectivity index is 1.19. The van der Waals surface area contributed by atoms with Gasteiger partial charge in [-0.15, -0.1) is 0 Å². The van der Waals surface area contributed by atoms with E-state index in [1.165, 1.54) is 4.90 Å². The molecule has 1 atom stereocenters. The number of rotatable bonds is 11. The van der Waals surface area contributed by atoms with E-state index in [0.29, 0.717) is 24.2 Å². The minimum absolute atomic E-state index is 0.0999. The maximum atomic E-state index is 13.5. The zero-order valence-corrected chi connectivity index (χ0v) is 29.2. The molecule has 1 heterocycles. The Labute approximate surface area is 290 Å². The molecule has 5 rings (SSSR count). The Morgan fingerprint density at radius 1 is 0.796 bits per heavy atom. The van der Waals surface area contributed by atoms with Crippen LogP contribution in [0.3, 0.4) is 0 Å². The zero-order chi connectivity index (χ0) is 34.9. The number of nitrogens with zero attached hydrogens (tertiary/aromatic N) is 4. The number of amides is 3. The highest BCUT2D eigenvalue weighted by Crippen LogP contribution is 2.26. The molecule has 0 aromatic heterocycles. The molecule has 0 bridgehead atoms. The average Bonchev–Trinajstić information content (AvgIpc) is 3.13. The number of hydrogen-bond donors (Lipinski definition) is 1. The molecule has 0 spiro atoms. The van der Waals surface area contributed by atoms with E-state index in [0.717, 1.165) is 59.7 Å². The van der Waals surface area contributed by atoms with Crippen LogP contribution in [0.5, 0.6) is 0 Å². The van der Waals surface area contributed by atoms with Gasteiger partial charge in [0.15, 0.2) is 0 Å². The highest BCUT2D eigenvalue weighted by molar-refractivity contribution is 5.97. The molecule has 1 N–H and O–H groups in total. The van der Waals surface area contributed by atoms with Gasteiger partial charge in [-0.05, 0) is 79.0 Å². The van der Waals surface area contributed by atoms with Crippen LogP contribution in [0.25, 0.3) is 11.1 Å². The fourth-order valence-electron chi connectivity index (χ4n) is 5.84. The number of hydrogen-bond acceptors (Lipinski definition) is 6. The normalized spacial score (nSPS) is 13.8. The standard InChI is InChI=1S/C40H47N5O4/c1-29-17-18-36(45-23-19-42(3)20-24-45)27-37(29)38(46)41-30(2)32-13-9-14-33(25-32)34-15-10-16-35(26-34)39(47)43(4)21-22-44(5)40(48)49-28-31-11-7-6-8-12-31/h6-18,25-27,30H,19-24,28H2,1-5H3,(H,41,46)/t30-/m1/s1. The first kappa shape index (κ1) is 35.2. The van der Waals surface area contributed by atoms with E-state index in [1.54, 1.807) is 25.1 Å². The fraction of sp³-hybridized carbons (Fsp3) is 0.325. The first-order valence-corrected chi connectivity index (χ1v) is 16.8. The summed E-state index contributed by atoms with van der Waals surface area (Å²) in [5, 5.41) is 3.20. The van der Waals surface area contributed by atoms with Gasteiger partial charge in [0.1, 0.15) is 6.61 Å². The molecule has 0 radical (unpaired) electrons. The van der Waals surface area contributed by atoms with Crippen molar-refractivity contribution in [1.82, 2.24) is 20.0 Å². The molecule has 0 saturated carbocycles. The molecule has 4 aromatic rings. The third-order valence-electron chi connectivity index (χ3n) is 9.15. The summed E-state index contributed by atoms with van der Waals surface area (Å²) in [6.07, 6.45) is -0.439. The number of carbonyl (C=O) groups is 3. The van der Waals surface area contributed by atoms with Crippen molar-refractivity contribution in [2.75, 3.05) is 65.3 Å². The molecule has 1 aliphatic rings.